The van der Waals surface area contributed by atoms with Gasteiger partial charge >= 0.3 is 0 Å². The first-order chi connectivity index (χ1) is 30.3. The zero-order valence-electron chi connectivity index (χ0n) is 39.8. The lowest BCUT2D eigenvalue weighted by Crippen LogP contribution is -2.53. The van der Waals surface area contributed by atoms with Gasteiger partial charge in [-0.1, -0.05) is 141 Å². The van der Waals surface area contributed by atoms with Crippen LogP contribution in [0.5, 0.6) is 0 Å². The van der Waals surface area contributed by atoms with E-state index < -0.39 is 12.1 Å². The summed E-state index contributed by atoms with van der Waals surface area (Å²) in [5.74, 6) is -0.628. The number of aliphatic hydroxyl groups is 1. The van der Waals surface area contributed by atoms with Gasteiger partial charge in [0.05, 0.1) is 19.2 Å². The molecule has 0 bridgehead atoms. The van der Waals surface area contributed by atoms with E-state index in [-0.39, 0.29) is 49.4 Å². The Hall–Kier alpha value is -3.05. The molecule has 6 N–H and O–H groups in total. The molecule has 0 spiro atoms. The predicted octanol–water partition coefficient (Wildman–Crippen LogP) is 9.94. The second kappa shape index (κ2) is 41.9. The first-order valence-electron chi connectivity index (χ1n) is 25.6. The summed E-state index contributed by atoms with van der Waals surface area (Å²) in [6.07, 6.45) is 45.3. The zero-order chi connectivity index (χ0) is 45.1. The number of nitrogens with zero attached hydrogens (tertiary/aromatic N) is 2. The fraction of sp³-hybridized carbons (Fsp3) is 0.824. The first-order valence-corrected chi connectivity index (χ1v) is 25.6. The van der Waals surface area contributed by atoms with E-state index in [2.05, 4.69) is 59.1 Å². The highest BCUT2D eigenvalue weighted by Gasteiger charge is 2.27. The van der Waals surface area contributed by atoms with Gasteiger partial charge in [-0.3, -0.25) is 24.2 Å². The van der Waals surface area contributed by atoms with Gasteiger partial charge in [-0.15, -0.1) is 0 Å². The Morgan fingerprint density at radius 1 is 0.661 bits per heavy atom. The second-order valence-electron chi connectivity index (χ2n) is 17.7. The van der Waals surface area contributed by atoms with Crippen molar-refractivity contribution in [3.8, 4) is 0 Å². The van der Waals surface area contributed by atoms with Crippen LogP contribution in [0.2, 0.25) is 0 Å². The standard InChI is InChI=1S/C51H94N6O5/c1-3-5-7-9-11-13-15-17-19-21-23-25-27-29-31-35-48(59)55-43-47(56-49(60)36-32-30-28-26-24-22-20-18-16-14-12-10-8-6-4-2)51(62)54-40-39-53-42-46-34-33-41-57(46)50(61)38-37-45(52)44-58/h17-20,42,45-47,58H,3-16,21-41,43-44,52H2,1-2H3,(H,54,62)(H,55,59)(H,56,60). The van der Waals surface area contributed by atoms with Crippen molar-refractivity contribution in [3.63, 3.8) is 0 Å². The van der Waals surface area contributed by atoms with Crippen molar-refractivity contribution in [1.29, 1.82) is 0 Å². The summed E-state index contributed by atoms with van der Waals surface area (Å²) in [7, 11) is 0. The van der Waals surface area contributed by atoms with E-state index in [1.807, 2.05) is 4.90 Å². The predicted molar refractivity (Wildman–Crippen MR) is 259 cm³/mol. The third kappa shape index (κ3) is 33.5. The molecule has 0 aromatic rings. The maximum Gasteiger partial charge on any atom is 0.244 e. The quantitative estimate of drug-likeness (QED) is 0.0233. The van der Waals surface area contributed by atoms with Crippen LogP contribution in [0.25, 0.3) is 0 Å². The van der Waals surface area contributed by atoms with Gasteiger partial charge in [-0.2, -0.15) is 0 Å². The molecule has 0 aliphatic carbocycles. The van der Waals surface area contributed by atoms with E-state index in [9.17, 15) is 24.3 Å². The number of likely N-dealkylation sites (tertiary alicyclic amines) is 1. The van der Waals surface area contributed by atoms with E-state index in [0.29, 0.717) is 38.8 Å². The van der Waals surface area contributed by atoms with Gasteiger partial charge in [0.2, 0.25) is 23.6 Å². The molecule has 11 nitrogen and oxygen atoms in total. The number of allylic oxidation sites excluding steroid dienone is 4. The van der Waals surface area contributed by atoms with Crippen molar-refractivity contribution in [1.82, 2.24) is 20.9 Å². The maximum absolute atomic E-state index is 13.3. The van der Waals surface area contributed by atoms with Crippen LogP contribution in [0.4, 0.5) is 0 Å². The third-order valence-electron chi connectivity index (χ3n) is 11.9. The number of carbonyl (C=O) groups excluding carboxylic acids is 4. The Kier molecular flexibility index (Phi) is 38.5. The van der Waals surface area contributed by atoms with Crippen molar-refractivity contribution < 1.29 is 24.3 Å². The van der Waals surface area contributed by atoms with E-state index in [0.717, 1.165) is 77.0 Å². The van der Waals surface area contributed by atoms with Crippen molar-refractivity contribution in [2.24, 2.45) is 10.7 Å². The minimum absolute atomic E-state index is 0.0100. The van der Waals surface area contributed by atoms with E-state index >= 15 is 0 Å². The number of aliphatic hydroxyl groups excluding tert-OH is 1. The summed E-state index contributed by atoms with van der Waals surface area (Å²) in [6, 6.07) is -1.37. The summed E-state index contributed by atoms with van der Waals surface area (Å²) in [6.45, 7) is 5.67. The van der Waals surface area contributed by atoms with Gasteiger partial charge in [0, 0.05) is 51.2 Å². The van der Waals surface area contributed by atoms with Crippen LogP contribution in [-0.2, 0) is 19.2 Å². The number of aliphatic imine (C=N–C) groups is 1. The first kappa shape index (κ1) is 57.0. The number of carbonyl (C=O) groups is 4. The van der Waals surface area contributed by atoms with Gasteiger partial charge in [0.1, 0.15) is 6.04 Å². The number of nitrogens with two attached hydrogens (primary N) is 1. The fourth-order valence-corrected chi connectivity index (χ4v) is 7.86. The fourth-order valence-electron chi connectivity index (χ4n) is 7.86. The molecule has 62 heavy (non-hydrogen) atoms. The van der Waals surface area contributed by atoms with Crippen molar-refractivity contribution in [3.05, 3.63) is 24.3 Å². The van der Waals surface area contributed by atoms with E-state index in [4.69, 9.17) is 5.73 Å². The second-order valence-corrected chi connectivity index (χ2v) is 17.7. The number of hydrogen-bond donors (Lipinski definition) is 5. The molecule has 0 aromatic heterocycles. The number of unbranched alkanes of at least 4 members (excludes halogenated alkanes) is 22. The number of amides is 4. The van der Waals surface area contributed by atoms with Gasteiger partial charge in [-0.05, 0) is 83.5 Å². The SMILES string of the molecule is CCCCCCCCC=CCCCCCCCC(=O)NCC(NC(=O)CCCCCCCC=CCCCCCCCC)C(=O)NCCN=CC1CCCN1C(=O)CCC(N)CO. The highest BCUT2D eigenvalue weighted by atomic mass is 16.3. The highest BCUT2D eigenvalue weighted by molar-refractivity contribution is 5.88. The minimum Gasteiger partial charge on any atom is -0.395 e. The molecule has 1 fully saturated rings. The number of hydrogen-bond acceptors (Lipinski definition) is 7. The van der Waals surface area contributed by atoms with Gasteiger partial charge < -0.3 is 31.7 Å². The summed E-state index contributed by atoms with van der Waals surface area (Å²) >= 11 is 0. The van der Waals surface area contributed by atoms with E-state index in [1.165, 1.54) is 103 Å². The molecule has 1 saturated heterocycles. The van der Waals surface area contributed by atoms with Crippen LogP contribution in [0.3, 0.4) is 0 Å². The Morgan fingerprint density at radius 2 is 1.15 bits per heavy atom. The molecular formula is C51H94N6O5. The lowest BCUT2D eigenvalue weighted by Gasteiger charge is -2.22. The molecule has 3 atom stereocenters. The highest BCUT2D eigenvalue weighted by Crippen LogP contribution is 2.18. The van der Waals surface area contributed by atoms with Crippen LogP contribution >= 0.6 is 0 Å². The zero-order valence-corrected chi connectivity index (χ0v) is 39.8. The van der Waals surface area contributed by atoms with Crippen LogP contribution in [-0.4, -0.2) is 90.8 Å². The molecule has 1 heterocycles. The number of rotatable bonds is 42. The Labute approximate surface area is 379 Å². The van der Waals surface area contributed by atoms with Crippen LogP contribution in [0, 0.1) is 0 Å². The Morgan fingerprint density at radius 3 is 1.66 bits per heavy atom. The molecule has 358 valence electrons. The monoisotopic (exact) mass is 871 g/mol. The lowest BCUT2D eigenvalue weighted by molar-refractivity contribution is -0.131. The summed E-state index contributed by atoms with van der Waals surface area (Å²) in [4.78, 5) is 58.1. The van der Waals surface area contributed by atoms with Crippen molar-refractivity contribution in [2.45, 2.75) is 237 Å². The van der Waals surface area contributed by atoms with Crippen LogP contribution < -0.4 is 21.7 Å². The van der Waals surface area contributed by atoms with Gasteiger partial charge in [0.15, 0.2) is 0 Å². The molecule has 1 rings (SSSR count). The number of nitrogens with one attached hydrogen (secondary N) is 3. The Balaban J connectivity index is 2.45. The Bertz CT molecular complexity index is 1210. The minimum atomic E-state index is -0.874. The maximum atomic E-state index is 13.3. The molecule has 1 aliphatic heterocycles. The van der Waals surface area contributed by atoms with Gasteiger partial charge in [-0.25, -0.2) is 0 Å². The molecule has 1 aliphatic rings. The molecule has 3 unspecified atom stereocenters. The molecular weight excluding hydrogens is 777 g/mol. The largest absolute Gasteiger partial charge is 0.395 e. The summed E-state index contributed by atoms with van der Waals surface area (Å²) < 4.78 is 0. The van der Waals surface area contributed by atoms with E-state index in [1.54, 1.807) is 6.21 Å². The smallest absolute Gasteiger partial charge is 0.244 e. The van der Waals surface area contributed by atoms with Crippen LogP contribution in [0.15, 0.2) is 29.3 Å². The molecule has 0 aromatic carbocycles. The molecule has 0 radical (unpaired) electrons. The van der Waals surface area contributed by atoms with Crippen molar-refractivity contribution in [2.75, 3.05) is 32.8 Å². The van der Waals surface area contributed by atoms with Gasteiger partial charge in [0.25, 0.3) is 0 Å². The normalized spacial score (nSPS) is 15.2. The average molecular weight is 871 g/mol. The molecule has 4 amide bonds. The molecule has 0 saturated carbocycles. The van der Waals surface area contributed by atoms with Crippen molar-refractivity contribution >= 4 is 29.8 Å². The summed E-state index contributed by atoms with van der Waals surface area (Å²) in [5, 5.41) is 17.8. The van der Waals surface area contributed by atoms with Crippen LogP contribution in [0.1, 0.15) is 219 Å². The summed E-state index contributed by atoms with van der Waals surface area (Å²) in [5.41, 5.74) is 5.78. The third-order valence-corrected chi connectivity index (χ3v) is 11.9. The average Bonchev–Trinajstić information content (AvgIpc) is 3.75. The topological polar surface area (TPSA) is 166 Å². The molecule has 11 heteroatoms. The lowest BCUT2D eigenvalue weighted by atomic mass is 10.1.